The van der Waals surface area contributed by atoms with Crippen LogP contribution in [0.5, 0.6) is 5.75 Å². The van der Waals surface area contributed by atoms with E-state index in [1.807, 2.05) is 41.3 Å². The van der Waals surface area contributed by atoms with Gasteiger partial charge in [0.1, 0.15) is 5.75 Å². The van der Waals surface area contributed by atoms with E-state index in [1.165, 1.54) is 25.7 Å². The van der Waals surface area contributed by atoms with Crippen molar-refractivity contribution < 1.29 is 14.3 Å². The van der Waals surface area contributed by atoms with Crippen LogP contribution in [0.4, 0.5) is 5.69 Å². The highest BCUT2D eigenvalue weighted by molar-refractivity contribution is 6.06. The summed E-state index contributed by atoms with van der Waals surface area (Å²) in [4.78, 5) is 27.6. The molecule has 1 N–H and O–H groups in total. The van der Waals surface area contributed by atoms with Gasteiger partial charge in [0.2, 0.25) is 0 Å². The van der Waals surface area contributed by atoms with Gasteiger partial charge < -0.3 is 15.0 Å². The molecule has 2 aromatic carbocycles. The van der Waals surface area contributed by atoms with E-state index < -0.39 is 0 Å². The number of hydrogen-bond acceptors (Lipinski definition) is 3. The number of likely N-dealkylation sites (tertiary alicyclic amines) is 1. The predicted octanol–water partition coefficient (Wildman–Crippen LogP) is 4.50. The number of nitrogens with zero attached hydrogens (tertiary/aromatic N) is 1. The van der Waals surface area contributed by atoms with E-state index in [4.69, 9.17) is 4.74 Å². The molecule has 2 unspecified atom stereocenters. The molecule has 0 radical (unpaired) electrons. The lowest BCUT2D eigenvalue weighted by Gasteiger charge is -2.44. The van der Waals surface area contributed by atoms with Crippen molar-refractivity contribution in [3.63, 3.8) is 0 Å². The van der Waals surface area contributed by atoms with Crippen molar-refractivity contribution in [2.75, 3.05) is 18.5 Å². The summed E-state index contributed by atoms with van der Waals surface area (Å²) >= 11 is 0. The van der Waals surface area contributed by atoms with Crippen molar-refractivity contribution in [2.45, 2.75) is 44.6 Å². The lowest BCUT2D eigenvalue weighted by atomic mass is 9.78. The molecule has 2 amide bonds. The van der Waals surface area contributed by atoms with Gasteiger partial charge in [0.15, 0.2) is 6.61 Å². The summed E-state index contributed by atoms with van der Waals surface area (Å²) in [6.45, 7) is 0.790. The Bertz CT molecular complexity index is 850. The highest BCUT2D eigenvalue weighted by Crippen LogP contribution is 2.35. The minimum Gasteiger partial charge on any atom is -0.483 e. The molecular formula is C24H28N2O3. The first-order valence-corrected chi connectivity index (χ1v) is 10.6. The van der Waals surface area contributed by atoms with E-state index in [9.17, 15) is 9.59 Å². The maximum Gasteiger partial charge on any atom is 0.260 e. The maximum absolute atomic E-state index is 12.9. The van der Waals surface area contributed by atoms with Crippen LogP contribution in [0.25, 0.3) is 0 Å². The molecule has 1 saturated heterocycles. The van der Waals surface area contributed by atoms with E-state index in [2.05, 4.69) is 5.32 Å². The average molecular weight is 392 g/mol. The summed E-state index contributed by atoms with van der Waals surface area (Å²) in [5.74, 6) is 0.862. The SMILES string of the molecule is O=C(Nc1ccccc1)c1ccccc1OCC(=O)N1CCCC2CCCCC21. The Labute approximate surface area is 172 Å². The average Bonchev–Trinajstić information content (AvgIpc) is 2.78. The topological polar surface area (TPSA) is 58.6 Å². The van der Waals surface area contributed by atoms with Crippen molar-refractivity contribution in [3.05, 3.63) is 60.2 Å². The summed E-state index contributed by atoms with van der Waals surface area (Å²) < 4.78 is 5.84. The lowest BCUT2D eigenvalue weighted by molar-refractivity contribution is -0.139. The first-order chi connectivity index (χ1) is 14.2. The molecule has 1 aliphatic heterocycles. The molecule has 4 rings (SSSR count). The standard InChI is InChI=1S/C24H28N2O3/c27-23(26-16-8-10-18-9-4-6-14-21(18)26)17-29-22-15-7-5-13-20(22)24(28)25-19-11-2-1-3-12-19/h1-3,5,7,11-13,15,18,21H,4,6,8-10,14,16-17H2,(H,25,28). The number of carbonyl (C=O) groups is 2. The van der Waals surface area contributed by atoms with Crippen LogP contribution in [0.2, 0.25) is 0 Å². The first-order valence-electron chi connectivity index (χ1n) is 10.6. The van der Waals surface area contributed by atoms with Crippen LogP contribution in [-0.4, -0.2) is 35.9 Å². The number of hydrogen-bond donors (Lipinski definition) is 1. The Morgan fingerprint density at radius 3 is 2.52 bits per heavy atom. The monoisotopic (exact) mass is 392 g/mol. The fourth-order valence-electron chi connectivity index (χ4n) is 4.66. The molecule has 2 fully saturated rings. The van der Waals surface area contributed by atoms with E-state index in [0.29, 0.717) is 23.3 Å². The smallest absolute Gasteiger partial charge is 0.260 e. The van der Waals surface area contributed by atoms with Crippen LogP contribution in [-0.2, 0) is 4.79 Å². The molecule has 0 bridgehead atoms. The van der Waals surface area contributed by atoms with Gasteiger partial charge in [-0.05, 0) is 55.9 Å². The number of fused-ring (bicyclic) bond motifs is 1. The largest absolute Gasteiger partial charge is 0.483 e. The Morgan fingerprint density at radius 2 is 1.66 bits per heavy atom. The summed E-state index contributed by atoms with van der Waals surface area (Å²) in [6.07, 6.45) is 7.13. The van der Waals surface area contributed by atoms with Gasteiger partial charge in [-0.15, -0.1) is 0 Å². The normalized spacial score (nSPS) is 21.2. The van der Waals surface area contributed by atoms with Crippen molar-refractivity contribution in [1.82, 2.24) is 4.90 Å². The Kier molecular flexibility index (Phi) is 6.13. The van der Waals surface area contributed by atoms with E-state index in [1.54, 1.807) is 18.2 Å². The van der Waals surface area contributed by atoms with Crippen molar-refractivity contribution >= 4 is 17.5 Å². The second-order valence-corrected chi connectivity index (χ2v) is 7.95. The number of carbonyl (C=O) groups excluding carboxylic acids is 2. The maximum atomic E-state index is 12.9. The molecule has 1 saturated carbocycles. The van der Waals surface area contributed by atoms with Crippen LogP contribution >= 0.6 is 0 Å². The van der Waals surface area contributed by atoms with Gasteiger partial charge in [0, 0.05) is 18.3 Å². The van der Waals surface area contributed by atoms with Crippen molar-refractivity contribution in [2.24, 2.45) is 5.92 Å². The number of para-hydroxylation sites is 2. The predicted molar refractivity (Wildman–Crippen MR) is 113 cm³/mol. The number of amides is 2. The summed E-state index contributed by atoms with van der Waals surface area (Å²) in [5, 5.41) is 2.87. The first kappa shape index (κ1) is 19.5. The van der Waals surface area contributed by atoms with E-state index in [0.717, 1.165) is 25.1 Å². The number of anilines is 1. The third kappa shape index (κ3) is 4.61. The van der Waals surface area contributed by atoms with Gasteiger partial charge in [-0.2, -0.15) is 0 Å². The molecule has 152 valence electrons. The molecule has 29 heavy (non-hydrogen) atoms. The molecular weight excluding hydrogens is 364 g/mol. The van der Waals surface area contributed by atoms with Crippen LogP contribution in [0.3, 0.4) is 0 Å². The third-order valence-corrected chi connectivity index (χ3v) is 6.08. The van der Waals surface area contributed by atoms with Crippen molar-refractivity contribution in [3.8, 4) is 5.75 Å². The molecule has 0 spiro atoms. The zero-order valence-electron chi connectivity index (χ0n) is 16.7. The van der Waals surface area contributed by atoms with Gasteiger partial charge in [0.05, 0.1) is 5.56 Å². The van der Waals surface area contributed by atoms with Gasteiger partial charge >= 0.3 is 0 Å². The molecule has 5 heteroatoms. The molecule has 1 aliphatic carbocycles. The minimum absolute atomic E-state index is 0.0277. The molecule has 0 aromatic heterocycles. The van der Waals surface area contributed by atoms with Gasteiger partial charge in [-0.25, -0.2) is 0 Å². The number of rotatable bonds is 5. The molecule has 5 nitrogen and oxygen atoms in total. The van der Waals surface area contributed by atoms with Gasteiger partial charge in [-0.3, -0.25) is 9.59 Å². The fraction of sp³-hybridized carbons (Fsp3) is 0.417. The Hall–Kier alpha value is -2.82. The van der Waals surface area contributed by atoms with Crippen LogP contribution in [0.15, 0.2) is 54.6 Å². The number of ether oxygens (including phenoxy) is 1. The number of nitrogens with one attached hydrogen (secondary N) is 1. The third-order valence-electron chi connectivity index (χ3n) is 6.08. The second kappa shape index (κ2) is 9.12. The summed E-state index contributed by atoms with van der Waals surface area (Å²) in [7, 11) is 0. The fourth-order valence-corrected chi connectivity index (χ4v) is 4.66. The molecule has 2 aliphatic rings. The molecule has 1 heterocycles. The Balaban J connectivity index is 1.41. The van der Waals surface area contributed by atoms with Gasteiger partial charge in [0.25, 0.3) is 11.8 Å². The number of benzene rings is 2. The van der Waals surface area contributed by atoms with Crippen LogP contribution in [0.1, 0.15) is 48.9 Å². The van der Waals surface area contributed by atoms with Crippen LogP contribution in [0, 0.1) is 5.92 Å². The zero-order chi connectivity index (χ0) is 20.1. The summed E-state index contributed by atoms with van der Waals surface area (Å²) in [5.41, 5.74) is 1.15. The lowest BCUT2D eigenvalue weighted by Crippen LogP contribution is -2.51. The molecule has 2 aromatic rings. The second-order valence-electron chi connectivity index (χ2n) is 7.95. The number of piperidine rings is 1. The van der Waals surface area contributed by atoms with E-state index >= 15 is 0 Å². The Morgan fingerprint density at radius 1 is 0.931 bits per heavy atom. The van der Waals surface area contributed by atoms with E-state index in [-0.39, 0.29) is 18.4 Å². The highest BCUT2D eigenvalue weighted by Gasteiger charge is 2.35. The summed E-state index contributed by atoms with van der Waals surface area (Å²) in [6, 6.07) is 16.7. The van der Waals surface area contributed by atoms with Crippen LogP contribution < -0.4 is 10.1 Å². The zero-order valence-corrected chi connectivity index (χ0v) is 16.7. The van der Waals surface area contributed by atoms with Crippen molar-refractivity contribution in [1.29, 1.82) is 0 Å². The molecule has 2 atom stereocenters. The minimum atomic E-state index is -0.246. The highest BCUT2D eigenvalue weighted by atomic mass is 16.5. The van der Waals surface area contributed by atoms with Gasteiger partial charge in [-0.1, -0.05) is 43.2 Å². The quantitative estimate of drug-likeness (QED) is 0.815.